The quantitative estimate of drug-likeness (QED) is 0.136. The summed E-state index contributed by atoms with van der Waals surface area (Å²) in [4.78, 5) is 60.0. The predicted molar refractivity (Wildman–Crippen MR) is 104 cm³/mol. The maximum Gasteiger partial charge on any atom is 0.323 e. The largest absolute Gasteiger partial charge is 0.480 e. The first-order chi connectivity index (χ1) is 14.6. The molecule has 0 aromatic heterocycles. The highest BCUT2D eigenvalue weighted by atomic mass is 16.7. The summed E-state index contributed by atoms with van der Waals surface area (Å²) in [7, 11) is 0. The number of nitrogens with zero attached hydrogens (tertiary/aromatic N) is 1. The molecule has 0 saturated carbocycles. The molecule has 0 saturated heterocycles. The van der Waals surface area contributed by atoms with E-state index in [1.165, 1.54) is 0 Å². The van der Waals surface area contributed by atoms with Crippen LogP contribution in [0.4, 0.5) is 0 Å². The lowest BCUT2D eigenvalue weighted by molar-refractivity contribution is -0.150. The van der Waals surface area contributed by atoms with Gasteiger partial charge < -0.3 is 36.5 Å². The first-order valence-corrected chi connectivity index (χ1v) is 8.88. The number of aliphatic hydroxyl groups is 2. The molecule has 1 aromatic carbocycles. The number of carboxylic acids is 1. The molecule has 0 spiro atoms. The molecule has 1 aromatic rings. The van der Waals surface area contributed by atoms with Gasteiger partial charge in [0.1, 0.15) is 12.6 Å². The fourth-order valence-electron chi connectivity index (χ4n) is 2.12. The molecule has 2 atom stereocenters. The number of aliphatic hydroxyl groups excluding tert-OH is 2. The number of hydrogen-bond donors (Lipinski definition) is 6. The van der Waals surface area contributed by atoms with E-state index in [1.54, 1.807) is 30.3 Å². The third-order valence-electron chi connectivity index (χ3n) is 3.59. The summed E-state index contributed by atoms with van der Waals surface area (Å²) in [6, 6.07) is 7.73. The lowest BCUT2D eigenvalue weighted by Gasteiger charge is -2.25. The number of carbonyl (C=O) groups is 5. The second kappa shape index (κ2) is 15.3. The zero-order chi connectivity index (χ0) is 23.8. The topological polar surface area (TPSA) is 223 Å². The SMILES string of the molecule is NC(=O)C(O)CO.NC(=O)CC[C@H](NOC=O)C(=O)N(CC(=O)O)Cc1ccccc1. The van der Waals surface area contributed by atoms with Crippen LogP contribution >= 0.6 is 0 Å². The van der Waals surface area contributed by atoms with Gasteiger partial charge in [0, 0.05) is 13.0 Å². The molecule has 31 heavy (non-hydrogen) atoms. The number of benzene rings is 1. The molecule has 0 aliphatic rings. The Morgan fingerprint density at radius 2 is 1.77 bits per heavy atom. The summed E-state index contributed by atoms with van der Waals surface area (Å²) in [5, 5.41) is 25.2. The van der Waals surface area contributed by atoms with Crippen molar-refractivity contribution in [2.45, 2.75) is 31.5 Å². The Labute approximate surface area is 177 Å². The van der Waals surface area contributed by atoms with E-state index >= 15 is 0 Å². The number of hydrogen-bond acceptors (Lipinski definition) is 9. The van der Waals surface area contributed by atoms with E-state index < -0.39 is 49.0 Å². The molecular formula is C18H26N4O9. The molecule has 0 bridgehead atoms. The van der Waals surface area contributed by atoms with Crippen molar-refractivity contribution >= 4 is 30.2 Å². The standard InChI is InChI=1S/C15H19N3O6.C3H7NO3/c16-13(20)7-6-12(17-24-10-19)15(23)18(9-14(21)22)8-11-4-2-1-3-5-11;4-3(7)2(6)1-5/h1-5,10,12,17H,6-9H2,(H2,16,20)(H,21,22);2,5-6H,1H2,(H2,4,7)/t12-;/m0./s1. The Bertz CT molecular complexity index is 730. The summed E-state index contributed by atoms with van der Waals surface area (Å²) >= 11 is 0. The van der Waals surface area contributed by atoms with Gasteiger partial charge in [-0.3, -0.25) is 24.0 Å². The minimum Gasteiger partial charge on any atom is -0.480 e. The summed E-state index contributed by atoms with van der Waals surface area (Å²) in [5.41, 5.74) is 12.5. The van der Waals surface area contributed by atoms with E-state index in [2.05, 4.69) is 16.1 Å². The van der Waals surface area contributed by atoms with E-state index in [4.69, 9.17) is 21.1 Å². The van der Waals surface area contributed by atoms with Gasteiger partial charge in [0.2, 0.25) is 17.7 Å². The number of aliphatic carboxylic acids is 1. The van der Waals surface area contributed by atoms with Gasteiger partial charge in [0.15, 0.2) is 6.10 Å². The molecule has 0 heterocycles. The first kappa shape index (κ1) is 27.5. The highest BCUT2D eigenvalue weighted by Gasteiger charge is 2.27. The maximum atomic E-state index is 12.6. The Balaban J connectivity index is 0.00000110. The van der Waals surface area contributed by atoms with Gasteiger partial charge in [0.05, 0.1) is 6.61 Å². The average Bonchev–Trinajstić information content (AvgIpc) is 2.73. The zero-order valence-corrected chi connectivity index (χ0v) is 16.5. The van der Waals surface area contributed by atoms with Crippen molar-refractivity contribution in [3.05, 3.63) is 35.9 Å². The Morgan fingerprint density at radius 1 is 1.16 bits per heavy atom. The molecule has 8 N–H and O–H groups in total. The first-order valence-electron chi connectivity index (χ1n) is 8.88. The van der Waals surface area contributed by atoms with Gasteiger partial charge in [-0.05, 0) is 12.0 Å². The van der Waals surface area contributed by atoms with Crippen molar-refractivity contribution in [2.75, 3.05) is 13.2 Å². The maximum absolute atomic E-state index is 12.6. The van der Waals surface area contributed by atoms with Crippen molar-refractivity contribution in [3.63, 3.8) is 0 Å². The second-order valence-corrected chi connectivity index (χ2v) is 6.06. The lowest BCUT2D eigenvalue weighted by Crippen LogP contribution is -2.48. The number of carboxylic acid groups (broad SMARTS) is 1. The van der Waals surface area contributed by atoms with E-state index in [1.807, 2.05) is 0 Å². The van der Waals surface area contributed by atoms with Crippen molar-refractivity contribution in [2.24, 2.45) is 11.5 Å². The summed E-state index contributed by atoms with van der Waals surface area (Å²) in [6.45, 7) is -0.996. The number of rotatable bonds is 13. The molecule has 13 nitrogen and oxygen atoms in total. The highest BCUT2D eigenvalue weighted by Crippen LogP contribution is 2.09. The van der Waals surface area contributed by atoms with Crippen LogP contribution < -0.4 is 16.9 Å². The summed E-state index contributed by atoms with van der Waals surface area (Å²) in [6.07, 6.45) is -1.56. The molecule has 1 rings (SSSR count). The third-order valence-corrected chi connectivity index (χ3v) is 3.59. The van der Waals surface area contributed by atoms with E-state index in [9.17, 15) is 24.0 Å². The number of nitrogens with two attached hydrogens (primary N) is 2. The molecule has 1 unspecified atom stereocenters. The van der Waals surface area contributed by atoms with Crippen LogP contribution in [-0.4, -0.2) is 75.7 Å². The zero-order valence-electron chi connectivity index (χ0n) is 16.5. The van der Waals surface area contributed by atoms with Crippen LogP contribution in [0.3, 0.4) is 0 Å². The molecular weight excluding hydrogens is 416 g/mol. The molecule has 0 radical (unpaired) electrons. The normalized spacial score (nSPS) is 11.8. The summed E-state index contributed by atoms with van der Waals surface area (Å²) < 4.78 is 0. The number of amides is 3. The third kappa shape index (κ3) is 12.6. The smallest absolute Gasteiger partial charge is 0.323 e. The van der Waals surface area contributed by atoms with E-state index in [-0.39, 0.29) is 25.9 Å². The van der Waals surface area contributed by atoms with E-state index in [0.717, 1.165) is 10.5 Å². The van der Waals surface area contributed by atoms with E-state index in [0.29, 0.717) is 0 Å². The monoisotopic (exact) mass is 442 g/mol. The van der Waals surface area contributed by atoms with Gasteiger partial charge in [0.25, 0.3) is 0 Å². The molecule has 0 aliphatic heterocycles. The molecule has 3 amide bonds. The molecule has 0 aliphatic carbocycles. The van der Waals surface area contributed by atoms with Crippen LogP contribution in [0.1, 0.15) is 18.4 Å². The highest BCUT2D eigenvalue weighted by molar-refractivity contribution is 5.86. The Morgan fingerprint density at radius 3 is 2.19 bits per heavy atom. The average molecular weight is 442 g/mol. The van der Waals surface area contributed by atoms with Crippen molar-refractivity contribution in [1.82, 2.24) is 10.4 Å². The number of carbonyl (C=O) groups excluding carboxylic acids is 4. The fraction of sp³-hybridized carbons (Fsp3) is 0.389. The van der Waals surface area contributed by atoms with Crippen molar-refractivity contribution in [3.8, 4) is 0 Å². The fourth-order valence-corrected chi connectivity index (χ4v) is 2.12. The van der Waals surface area contributed by atoms with Crippen LogP contribution in [-0.2, 0) is 35.4 Å². The second-order valence-electron chi connectivity index (χ2n) is 6.06. The molecule has 0 fully saturated rings. The Kier molecular flexibility index (Phi) is 13.6. The van der Waals surface area contributed by atoms with Crippen LogP contribution in [0, 0.1) is 0 Å². The van der Waals surface area contributed by atoms with Gasteiger partial charge in [-0.1, -0.05) is 30.3 Å². The van der Waals surface area contributed by atoms with Gasteiger partial charge >= 0.3 is 12.4 Å². The summed E-state index contributed by atoms with van der Waals surface area (Å²) in [5.74, 6) is -3.34. The molecule has 13 heteroatoms. The predicted octanol–water partition coefficient (Wildman–Crippen LogP) is -2.76. The number of nitrogens with one attached hydrogen (secondary N) is 1. The van der Waals surface area contributed by atoms with Crippen LogP contribution in [0.5, 0.6) is 0 Å². The van der Waals surface area contributed by atoms with Crippen LogP contribution in [0.25, 0.3) is 0 Å². The minimum atomic E-state index is -1.40. The van der Waals surface area contributed by atoms with Crippen LogP contribution in [0.15, 0.2) is 30.3 Å². The van der Waals surface area contributed by atoms with Gasteiger partial charge in [-0.2, -0.15) is 0 Å². The van der Waals surface area contributed by atoms with Gasteiger partial charge in [-0.15, -0.1) is 5.48 Å². The number of hydroxylamine groups is 1. The minimum absolute atomic E-state index is 0.0348. The van der Waals surface area contributed by atoms with Crippen molar-refractivity contribution in [1.29, 1.82) is 0 Å². The van der Waals surface area contributed by atoms with Crippen LogP contribution in [0.2, 0.25) is 0 Å². The lowest BCUT2D eigenvalue weighted by atomic mass is 10.1. The Hall–Kier alpha value is -3.55. The number of primary amides is 2. The van der Waals surface area contributed by atoms with Gasteiger partial charge in [-0.25, -0.2) is 0 Å². The molecule has 172 valence electrons. The van der Waals surface area contributed by atoms with Crippen molar-refractivity contribution < 1.29 is 44.1 Å².